The Bertz CT molecular complexity index is 1640. The average Bonchev–Trinajstić information content (AvgIpc) is 3.70. The number of hydrogen-bond acceptors (Lipinski definition) is 6. The van der Waals surface area contributed by atoms with Crippen LogP contribution in [0.1, 0.15) is 73.9 Å². The normalized spacial score (nSPS) is 20.3. The van der Waals surface area contributed by atoms with Gasteiger partial charge in [-0.15, -0.1) is 0 Å². The first-order valence-corrected chi connectivity index (χ1v) is 14.5. The molecule has 6 rings (SSSR count). The van der Waals surface area contributed by atoms with Crippen molar-refractivity contribution in [2.45, 2.75) is 76.5 Å². The second-order valence-corrected chi connectivity index (χ2v) is 11.0. The lowest BCUT2D eigenvalue weighted by Crippen LogP contribution is -2.35. The fourth-order valence-corrected chi connectivity index (χ4v) is 6.03. The first kappa shape index (κ1) is 27.3. The molecule has 1 unspecified atom stereocenters. The number of hydrogen-bond donors (Lipinski definition) is 0. The molecule has 1 atom stereocenters. The Hall–Kier alpha value is -3.87. The highest BCUT2D eigenvalue weighted by molar-refractivity contribution is 5.70. The number of aromatic nitrogens is 4. The van der Waals surface area contributed by atoms with Crippen LogP contribution in [-0.2, 0) is 22.3 Å². The van der Waals surface area contributed by atoms with Gasteiger partial charge in [0, 0.05) is 24.6 Å². The van der Waals surface area contributed by atoms with E-state index in [4.69, 9.17) is 9.47 Å². The van der Waals surface area contributed by atoms with Crippen molar-refractivity contribution in [3.8, 4) is 17.2 Å². The molecule has 41 heavy (non-hydrogen) atoms. The van der Waals surface area contributed by atoms with Gasteiger partial charge >= 0.3 is 0 Å². The lowest BCUT2D eigenvalue weighted by atomic mass is 9.92. The van der Waals surface area contributed by atoms with Gasteiger partial charge in [0.2, 0.25) is 5.78 Å². The molecule has 212 valence electrons. The summed E-state index contributed by atoms with van der Waals surface area (Å²) in [5.74, 6) is 0.137. The molecule has 1 saturated carbocycles. The Morgan fingerprint density at radius 2 is 1.98 bits per heavy atom. The minimum atomic E-state index is -0.406. The lowest BCUT2D eigenvalue weighted by molar-refractivity contribution is 0.0159. The van der Waals surface area contributed by atoms with E-state index in [0.29, 0.717) is 52.7 Å². The van der Waals surface area contributed by atoms with Crippen LogP contribution >= 0.6 is 0 Å². The maximum absolute atomic E-state index is 15.6. The Labute approximate surface area is 238 Å². The van der Waals surface area contributed by atoms with E-state index in [0.717, 1.165) is 50.8 Å². The molecular weight excluding hydrogens is 521 g/mol. The van der Waals surface area contributed by atoms with Gasteiger partial charge in [0.25, 0.3) is 5.56 Å². The van der Waals surface area contributed by atoms with Crippen molar-refractivity contribution in [2.75, 3.05) is 13.2 Å². The summed E-state index contributed by atoms with van der Waals surface area (Å²) in [5.41, 5.74) is 3.43. The summed E-state index contributed by atoms with van der Waals surface area (Å²) in [4.78, 5) is 18.7. The molecule has 1 saturated heterocycles. The number of halogens is 1. The molecule has 0 N–H and O–H groups in total. The zero-order valence-electron chi connectivity index (χ0n) is 23.3. The van der Waals surface area contributed by atoms with Crippen molar-refractivity contribution < 1.29 is 13.9 Å². The number of epoxide rings is 1. The van der Waals surface area contributed by atoms with E-state index in [2.05, 4.69) is 23.1 Å². The molecule has 0 amide bonds. The van der Waals surface area contributed by atoms with E-state index >= 15 is 4.39 Å². The highest BCUT2D eigenvalue weighted by atomic mass is 19.1. The molecule has 0 radical (unpaired) electrons. The number of benzene rings is 2. The van der Waals surface area contributed by atoms with Gasteiger partial charge in [-0.3, -0.25) is 9.36 Å². The van der Waals surface area contributed by atoms with Gasteiger partial charge in [0.1, 0.15) is 12.1 Å². The van der Waals surface area contributed by atoms with Crippen LogP contribution in [0.25, 0.3) is 16.9 Å². The van der Waals surface area contributed by atoms with Crippen LogP contribution in [0.5, 0.6) is 0 Å². The number of nitriles is 1. The van der Waals surface area contributed by atoms with Crippen LogP contribution in [-0.4, -0.2) is 44.6 Å². The van der Waals surface area contributed by atoms with Crippen molar-refractivity contribution in [2.24, 2.45) is 0 Å². The second-order valence-electron chi connectivity index (χ2n) is 11.0. The fraction of sp³-hybridized carbons (Fsp3) is 0.438. The SMILES string of the molecule is CCCc1c(Cc2ccc(-c3ccccc3C#N)cc2F)c(=O)n(C2CCC(OCCC3CO3)CC2)c2ncnn12. The second kappa shape index (κ2) is 11.9. The maximum atomic E-state index is 15.6. The third-order valence-electron chi connectivity index (χ3n) is 8.30. The fourth-order valence-electron chi connectivity index (χ4n) is 6.03. The summed E-state index contributed by atoms with van der Waals surface area (Å²) in [7, 11) is 0. The van der Waals surface area contributed by atoms with Crippen LogP contribution in [0.15, 0.2) is 53.6 Å². The molecule has 2 aliphatic rings. The molecule has 4 aromatic rings. The van der Waals surface area contributed by atoms with Gasteiger partial charge in [0.15, 0.2) is 0 Å². The zero-order valence-corrected chi connectivity index (χ0v) is 23.3. The number of aryl methyl sites for hydroxylation is 1. The average molecular weight is 556 g/mol. The van der Waals surface area contributed by atoms with Crippen molar-refractivity contribution in [3.05, 3.63) is 87.3 Å². The third-order valence-corrected chi connectivity index (χ3v) is 8.30. The Morgan fingerprint density at radius 3 is 2.71 bits per heavy atom. The van der Waals surface area contributed by atoms with Gasteiger partial charge in [-0.2, -0.15) is 15.3 Å². The standard InChI is InChI=1S/C32H34FN5O3/c1-2-5-30-28(16-22-9-8-21(17-29(22)33)27-7-4-3-6-23(27)18-34)31(39)37(32-35-20-36-38(30)32)24-10-12-25(13-11-24)40-15-14-26-19-41-26/h3-4,6-9,17,20,24-26H,2,5,10-16,19H2,1H3. The molecule has 8 nitrogen and oxygen atoms in total. The molecule has 2 aromatic carbocycles. The first-order chi connectivity index (χ1) is 20.1. The lowest BCUT2D eigenvalue weighted by Gasteiger charge is -2.30. The number of nitrogens with zero attached hydrogens (tertiary/aromatic N) is 5. The van der Waals surface area contributed by atoms with Crippen LogP contribution < -0.4 is 5.56 Å². The zero-order chi connectivity index (χ0) is 28.3. The molecule has 9 heteroatoms. The number of rotatable bonds is 10. The summed E-state index contributed by atoms with van der Waals surface area (Å²) < 4.78 is 30.5. The highest BCUT2D eigenvalue weighted by Gasteiger charge is 2.29. The molecular formula is C32H34FN5O3. The van der Waals surface area contributed by atoms with E-state index in [9.17, 15) is 10.1 Å². The number of ether oxygens (including phenoxy) is 2. The van der Waals surface area contributed by atoms with Crippen molar-refractivity contribution in [1.82, 2.24) is 19.2 Å². The molecule has 1 aliphatic heterocycles. The van der Waals surface area contributed by atoms with E-state index in [1.54, 1.807) is 27.3 Å². The van der Waals surface area contributed by atoms with Crippen molar-refractivity contribution in [3.63, 3.8) is 0 Å². The minimum Gasteiger partial charge on any atom is -0.378 e. The molecule has 2 aromatic heterocycles. The molecule has 1 aliphatic carbocycles. The Balaban J connectivity index is 1.30. The van der Waals surface area contributed by atoms with Gasteiger partial charge in [0.05, 0.1) is 36.1 Å². The first-order valence-electron chi connectivity index (χ1n) is 14.5. The highest BCUT2D eigenvalue weighted by Crippen LogP contribution is 2.32. The monoisotopic (exact) mass is 555 g/mol. The summed E-state index contributed by atoms with van der Waals surface area (Å²) in [6, 6.07) is 14.3. The molecule has 0 spiro atoms. The summed E-state index contributed by atoms with van der Waals surface area (Å²) in [6.07, 6.45) is 7.92. The topological polar surface area (TPSA) is 97.7 Å². The van der Waals surface area contributed by atoms with Gasteiger partial charge in [-0.05, 0) is 67.3 Å². The van der Waals surface area contributed by atoms with E-state index in [1.165, 1.54) is 12.4 Å². The van der Waals surface area contributed by atoms with Crippen LogP contribution in [0.3, 0.4) is 0 Å². The van der Waals surface area contributed by atoms with E-state index in [-0.39, 0.29) is 24.1 Å². The molecule has 3 heterocycles. The van der Waals surface area contributed by atoms with Gasteiger partial charge < -0.3 is 9.47 Å². The molecule has 2 fully saturated rings. The largest absolute Gasteiger partial charge is 0.378 e. The maximum Gasteiger partial charge on any atom is 0.259 e. The summed E-state index contributed by atoms with van der Waals surface area (Å²) in [6.45, 7) is 3.60. The van der Waals surface area contributed by atoms with Crippen LogP contribution in [0.4, 0.5) is 4.39 Å². The van der Waals surface area contributed by atoms with E-state index < -0.39 is 5.82 Å². The minimum absolute atomic E-state index is 0.0232. The predicted octanol–water partition coefficient (Wildman–Crippen LogP) is 5.40. The van der Waals surface area contributed by atoms with Gasteiger partial charge in [-0.1, -0.05) is 43.7 Å². The van der Waals surface area contributed by atoms with Crippen LogP contribution in [0.2, 0.25) is 0 Å². The summed E-state index contributed by atoms with van der Waals surface area (Å²) >= 11 is 0. The third kappa shape index (κ3) is 5.67. The van der Waals surface area contributed by atoms with Crippen molar-refractivity contribution >= 4 is 5.78 Å². The Kier molecular flexibility index (Phi) is 7.95. The predicted molar refractivity (Wildman–Crippen MR) is 152 cm³/mol. The Morgan fingerprint density at radius 1 is 1.17 bits per heavy atom. The van der Waals surface area contributed by atoms with Crippen molar-refractivity contribution in [1.29, 1.82) is 5.26 Å². The van der Waals surface area contributed by atoms with E-state index in [1.807, 2.05) is 18.2 Å². The van der Waals surface area contributed by atoms with Gasteiger partial charge in [-0.25, -0.2) is 8.91 Å². The molecule has 0 bridgehead atoms. The quantitative estimate of drug-likeness (QED) is 0.243. The summed E-state index contributed by atoms with van der Waals surface area (Å²) in [5, 5.41) is 14.0. The smallest absolute Gasteiger partial charge is 0.259 e. The number of fused-ring (bicyclic) bond motifs is 1. The van der Waals surface area contributed by atoms with Crippen LogP contribution in [0, 0.1) is 17.1 Å².